The molecule has 3 aromatic rings. The summed E-state index contributed by atoms with van der Waals surface area (Å²) in [6, 6.07) is 3.02. The van der Waals surface area contributed by atoms with Gasteiger partial charge in [0.05, 0.1) is 11.0 Å². The molecule has 8 heteroatoms. The number of aryl methyl sites for hydroxylation is 1. The lowest BCUT2D eigenvalue weighted by Crippen LogP contribution is -2.37. The van der Waals surface area contributed by atoms with Crippen molar-refractivity contribution in [2.75, 3.05) is 11.9 Å². The highest BCUT2D eigenvalue weighted by molar-refractivity contribution is 5.83. The average molecular weight is 369 g/mol. The Bertz CT molecular complexity index is 1020. The van der Waals surface area contributed by atoms with Gasteiger partial charge in [-0.3, -0.25) is 4.79 Å². The van der Waals surface area contributed by atoms with Gasteiger partial charge in [-0.1, -0.05) is 0 Å². The molecule has 27 heavy (non-hydrogen) atoms. The molecule has 140 valence electrons. The predicted molar refractivity (Wildman–Crippen MR) is 98.3 cm³/mol. The van der Waals surface area contributed by atoms with Gasteiger partial charge in [0.25, 0.3) is 0 Å². The van der Waals surface area contributed by atoms with Gasteiger partial charge in [0, 0.05) is 36.7 Å². The van der Waals surface area contributed by atoms with E-state index < -0.39 is 11.9 Å². The Morgan fingerprint density at radius 2 is 2.11 bits per heavy atom. The first kappa shape index (κ1) is 17.4. The lowest BCUT2D eigenvalue weighted by Gasteiger charge is -2.31. The smallest absolute Gasteiger partial charge is 0.323 e. The fourth-order valence-corrected chi connectivity index (χ4v) is 3.83. The van der Waals surface area contributed by atoms with Crippen LogP contribution in [0.25, 0.3) is 11.0 Å². The number of carbonyl (C=O) groups is 1. The molecule has 0 bridgehead atoms. The van der Waals surface area contributed by atoms with Gasteiger partial charge >= 0.3 is 5.97 Å². The molecular weight excluding hydrogens is 349 g/mol. The molecule has 0 aromatic carbocycles. The van der Waals surface area contributed by atoms with E-state index in [0.29, 0.717) is 29.8 Å². The fourth-order valence-electron chi connectivity index (χ4n) is 3.83. The first-order chi connectivity index (χ1) is 12.9. The van der Waals surface area contributed by atoms with E-state index in [2.05, 4.69) is 15.0 Å². The molecule has 3 heterocycles. The molecule has 0 radical (unpaired) electrons. The van der Waals surface area contributed by atoms with Crippen molar-refractivity contribution in [2.24, 2.45) is 0 Å². The summed E-state index contributed by atoms with van der Waals surface area (Å²) in [6.07, 6.45) is 5.73. The van der Waals surface area contributed by atoms with Crippen LogP contribution >= 0.6 is 0 Å². The number of halogens is 1. The average Bonchev–Trinajstić information content (AvgIpc) is 2.94. The van der Waals surface area contributed by atoms with Crippen molar-refractivity contribution >= 4 is 23.0 Å². The number of aromatic nitrogens is 4. The summed E-state index contributed by atoms with van der Waals surface area (Å²) in [6.45, 7) is 1.79. The van der Waals surface area contributed by atoms with E-state index in [0.717, 1.165) is 23.2 Å². The van der Waals surface area contributed by atoms with Gasteiger partial charge in [-0.15, -0.1) is 0 Å². The van der Waals surface area contributed by atoms with E-state index in [-0.39, 0.29) is 12.6 Å². The fraction of sp³-hybridized carbons (Fsp3) is 0.368. The molecule has 0 saturated carbocycles. The Kier molecular flexibility index (Phi) is 4.25. The third-order valence-electron chi connectivity index (χ3n) is 5.17. The second-order valence-electron chi connectivity index (χ2n) is 6.97. The number of hydrogen-bond acceptors (Lipinski definition) is 5. The quantitative estimate of drug-likeness (QED) is 0.711. The van der Waals surface area contributed by atoms with Gasteiger partial charge in [-0.2, -0.15) is 4.39 Å². The van der Waals surface area contributed by atoms with E-state index >= 15 is 0 Å². The molecule has 0 aliphatic heterocycles. The van der Waals surface area contributed by atoms with Crippen molar-refractivity contribution in [1.82, 2.24) is 19.5 Å². The van der Waals surface area contributed by atoms with Gasteiger partial charge in [0.2, 0.25) is 11.9 Å². The third-order valence-corrected chi connectivity index (χ3v) is 5.17. The molecule has 3 aromatic heterocycles. The van der Waals surface area contributed by atoms with E-state index in [1.54, 1.807) is 23.0 Å². The second-order valence-corrected chi connectivity index (χ2v) is 6.97. The van der Waals surface area contributed by atoms with Crippen LogP contribution in [-0.4, -0.2) is 43.7 Å². The summed E-state index contributed by atoms with van der Waals surface area (Å²) in [5.74, 6) is -0.844. The second kappa shape index (κ2) is 6.61. The Balaban J connectivity index is 1.73. The molecule has 1 atom stereocenters. The maximum absolute atomic E-state index is 13.8. The molecule has 1 aliphatic carbocycles. The van der Waals surface area contributed by atoms with Crippen molar-refractivity contribution in [2.45, 2.75) is 38.8 Å². The van der Waals surface area contributed by atoms with Crippen molar-refractivity contribution in [3.63, 3.8) is 0 Å². The number of hydrogen-bond donors (Lipinski definition) is 1. The van der Waals surface area contributed by atoms with Gasteiger partial charge in [0.1, 0.15) is 6.54 Å². The van der Waals surface area contributed by atoms with Gasteiger partial charge in [0.15, 0.2) is 0 Å². The summed E-state index contributed by atoms with van der Waals surface area (Å²) in [5, 5.41) is 9.27. The van der Waals surface area contributed by atoms with Gasteiger partial charge < -0.3 is 14.6 Å². The lowest BCUT2D eigenvalue weighted by atomic mass is 9.91. The lowest BCUT2D eigenvalue weighted by molar-refractivity contribution is -0.137. The Hall–Kier alpha value is -3.03. The highest BCUT2D eigenvalue weighted by atomic mass is 19.1. The largest absolute Gasteiger partial charge is 0.480 e. The number of rotatable bonds is 4. The zero-order valence-corrected chi connectivity index (χ0v) is 15.2. The Labute approximate surface area is 155 Å². The van der Waals surface area contributed by atoms with Crippen LogP contribution in [0.4, 0.5) is 10.3 Å². The molecule has 1 aliphatic rings. The van der Waals surface area contributed by atoms with Crippen molar-refractivity contribution < 1.29 is 14.3 Å². The molecule has 1 unspecified atom stereocenters. The molecule has 0 amide bonds. The van der Waals surface area contributed by atoms with Gasteiger partial charge in [-0.05, 0) is 43.9 Å². The zero-order valence-electron chi connectivity index (χ0n) is 15.2. The van der Waals surface area contributed by atoms with Crippen LogP contribution in [0.5, 0.6) is 0 Å². The first-order valence-electron chi connectivity index (χ1n) is 8.84. The molecule has 0 saturated heterocycles. The van der Waals surface area contributed by atoms with Crippen LogP contribution in [0, 0.1) is 12.9 Å². The van der Waals surface area contributed by atoms with E-state index in [1.165, 1.54) is 6.07 Å². The number of likely N-dealkylation sites (N-methyl/N-ethyl adjacent to an activating group) is 1. The highest BCUT2D eigenvalue weighted by Crippen LogP contribution is 2.33. The summed E-state index contributed by atoms with van der Waals surface area (Å²) >= 11 is 0. The maximum Gasteiger partial charge on any atom is 0.323 e. The van der Waals surface area contributed by atoms with Crippen LogP contribution in [-0.2, 0) is 24.2 Å². The van der Waals surface area contributed by atoms with Crippen molar-refractivity contribution in [3.8, 4) is 0 Å². The summed E-state index contributed by atoms with van der Waals surface area (Å²) in [4.78, 5) is 26.2. The number of anilines is 1. The highest BCUT2D eigenvalue weighted by Gasteiger charge is 2.30. The van der Waals surface area contributed by atoms with Crippen LogP contribution in [0.1, 0.15) is 23.2 Å². The normalized spacial score (nSPS) is 16.3. The van der Waals surface area contributed by atoms with E-state index in [1.807, 2.05) is 18.9 Å². The monoisotopic (exact) mass is 369 g/mol. The number of fused-ring (bicyclic) bond motifs is 3. The first-order valence-corrected chi connectivity index (χ1v) is 8.84. The van der Waals surface area contributed by atoms with Crippen LogP contribution in [0.2, 0.25) is 0 Å². The van der Waals surface area contributed by atoms with Crippen LogP contribution < -0.4 is 4.90 Å². The summed E-state index contributed by atoms with van der Waals surface area (Å²) < 4.78 is 15.5. The minimum atomic E-state index is -0.925. The number of pyridine rings is 1. The number of carboxylic acids is 1. The van der Waals surface area contributed by atoms with Crippen LogP contribution in [0.3, 0.4) is 0 Å². The van der Waals surface area contributed by atoms with Gasteiger partial charge in [-0.25, -0.2) is 15.0 Å². The Morgan fingerprint density at radius 3 is 2.81 bits per heavy atom. The number of aliphatic carboxylic acids is 1. The number of nitrogens with zero attached hydrogens (tertiary/aromatic N) is 5. The molecule has 4 rings (SSSR count). The topological polar surface area (TPSA) is 84.1 Å². The standard InChI is InChI=1S/C19H20FN5O2/c1-11-8-21-19(22-9-11)24(2)12-3-4-14-13(7-12)18-15(5-6-16(20)23-18)25(14)10-17(26)27/h5-6,8-9,12H,3-4,7,10H2,1-2H3,(H,26,27). The molecule has 0 fully saturated rings. The Morgan fingerprint density at radius 1 is 1.37 bits per heavy atom. The summed E-state index contributed by atoms with van der Waals surface area (Å²) in [7, 11) is 1.95. The molecule has 0 spiro atoms. The molecule has 7 nitrogen and oxygen atoms in total. The maximum atomic E-state index is 13.8. The number of carboxylic acid groups (broad SMARTS) is 1. The zero-order chi connectivity index (χ0) is 19.1. The molecule has 1 N–H and O–H groups in total. The molecular formula is C19H20FN5O2. The minimum Gasteiger partial charge on any atom is -0.480 e. The van der Waals surface area contributed by atoms with Crippen LogP contribution in [0.15, 0.2) is 24.5 Å². The van der Waals surface area contributed by atoms with E-state index in [4.69, 9.17) is 0 Å². The third kappa shape index (κ3) is 3.11. The van der Waals surface area contributed by atoms with Crippen molar-refractivity contribution in [1.29, 1.82) is 0 Å². The summed E-state index contributed by atoms with van der Waals surface area (Å²) in [5.41, 5.74) is 4.06. The SMILES string of the molecule is Cc1cnc(N(C)C2CCc3c(c4nc(F)ccc4n3CC(=O)O)C2)nc1. The predicted octanol–water partition coefficient (Wildman–Crippen LogP) is 2.35. The van der Waals surface area contributed by atoms with Crippen molar-refractivity contribution in [3.05, 3.63) is 47.3 Å². The minimum absolute atomic E-state index is 0.133. The van der Waals surface area contributed by atoms with E-state index in [9.17, 15) is 14.3 Å².